The maximum absolute atomic E-state index is 12.8. The Hall–Kier alpha value is -0.980. The number of alkyl halides is 6. The van der Waals surface area contributed by atoms with Gasteiger partial charge in [0, 0.05) is 5.41 Å². The molecule has 0 amide bonds. The first-order valence-corrected chi connectivity index (χ1v) is 5.10. The third-order valence-corrected chi connectivity index (χ3v) is 3.50. The van der Waals surface area contributed by atoms with Crippen LogP contribution >= 0.6 is 0 Å². The van der Waals surface area contributed by atoms with Crippen molar-refractivity contribution in [2.45, 2.75) is 31.8 Å². The van der Waals surface area contributed by atoms with Crippen LogP contribution in [0.5, 0.6) is 0 Å². The molecule has 2 atom stereocenters. The number of halogens is 6. The summed E-state index contributed by atoms with van der Waals surface area (Å²) in [5.74, 6) is -1.12. The second-order valence-corrected chi connectivity index (χ2v) is 4.52. The van der Waals surface area contributed by atoms with Crippen molar-refractivity contribution in [3.05, 3.63) is 24.3 Å². The lowest BCUT2D eigenvalue weighted by atomic mass is 9.63. The Labute approximate surface area is 99.8 Å². The highest BCUT2D eigenvalue weighted by atomic mass is 19.4. The van der Waals surface area contributed by atoms with E-state index in [1.807, 2.05) is 0 Å². The van der Waals surface area contributed by atoms with Gasteiger partial charge in [-0.1, -0.05) is 38.2 Å². The van der Waals surface area contributed by atoms with Crippen molar-refractivity contribution in [2.24, 2.45) is 11.3 Å². The average molecular weight is 274 g/mol. The zero-order valence-electron chi connectivity index (χ0n) is 9.60. The largest absolute Gasteiger partial charge is 0.427 e. The van der Waals surface area contributed by atoms with Gasteiger partial charge in [-0.05, 0) is 5.92 Å². The van der Waals surface area contributed by atoms with Crippen LogP contribution in [-0.2, 0) is 0 Å². The van der Waals surface area contributed by atoms with E-state index in [0.29, 0.717) is 0 Å². The van der Waals surface area contributed by atoms with Crippen LogP contribution in [0, 0.1) is 11.3 Å². The molecular weight excluding hydrogens is 262 g/mol. The number of allylic oxidation sites excluding steroid dienone is 3. The van der Waals surface area contributed by atoms with Gasteiger partial charge in [0.1, 0.15) is 0 Å². The molecule has 0 saturated heterocycles. The van der Waals surface area contributed by atoms with Gasteiger partial charge in [-0.25, -0.2) is 0 Å². The summed E-state index contributed by atoms with van der Waals surface area (Å²) in [5, 5.41) is 9.40. The molecule has 18 heavy (non-hydrogen) atoms. The zero-order valence-corrected chi connectivity index (χ0v) is 9.60. The van der Waals surface area contributed by atoms with Crippen LogP contribution in [0.1, 0.15) is 13.8 Å². The molecule has 0 aromatic heterocycles. The molecule has 0 spiro atoms. The first-order valence-electron chi connectivity index (χ1n) is 5.10. The van der Waals surface area contributed by atoms with Gasteiger partial charge in [-0.15, -0.1) is 0 Å². The smallest absolute Gasteiger partial charge is 0.373 e. The van der Waals surface area contributed by atoms with Crippen molar-refractivity contribution in [3.8, 4) is 0 Å². The van der Waals surface area contributed by atoms with E-state index in [1.165, 1.54) is 19.1 Å². The molecule has 0 bridgehead atoms. The van der Waals surface area contributed by atoms with Gasteiger partial charge in [0.05, 0.1) is 0 Å². The van der Waals surface area contributed by atoms with Crippen LogP contribution in [0.3, 0.4) is 0 Å². The number of aliphatic hydroxyl groups is 1. The Morgan fingerprint density at radius 3 is 1.78 bits per heavy atom. The van der Waals surface area contributed by atoms with Gasteiger partial charge >= 0.3 is 12.4 Å². The van der Waals surface area contributed by atoms with E-state index in [1.54, 1.807) is 0 Å². The minimum atomic E-state index is -5.82. The number of hydrogen-bond acceptors (Lipinski definition) is 1. The van der Waals surface area contributed by atoms with Crippen molar-refractivity contribution in [3.63, 3.8) is 0 Å². The minimum absolute atomic E-state index is 0.749. The van der Waals surface area contributed by atoms with Crippen LogP contribution < -0.4 is 0 Å². The van der Waals surface area contributed by atoms with Crippen molar-refractivity contribution >= 4 is 0 Å². The lowest BCUT2D eigenvalue weighted by Gasteiger charge is -2.48. The van der Waals surface area contributed by atoms with E-state index in [-0.39, 0.29) is 0 Å². The van der Waals surface area contributed by atoms with E-state index < -0.39 is 29.3 Å². The summed E-state index contributed by atoms with van der Waals surface area (Å²) in [6, 6.07) is 0. The lowest BCUT2D eigenvalue weighted by Crippen LogP contribution is -2.67. The molecule has 0 aliphatic heterocycles. The molecule has 1 aliphatic rings. The maximum atomic E-state index is 12.8. The van der Waals surface area contributed by atoms with E-state index in [0.717, 1.165) is 19.1 Å². The monoisotopic (exact) mass is 274 g/mol. The van der Waals surface area contributed by atoms with Crippen LogP contribution in [0.4, 0.5) is 26.3 Å². The van der Waals surface area contributed by atoms with Gasteiger partial charge < -0.3 is 5.11 Å². The maximum Gasteiger partial charge on any atom is 0.427 e. The molecule has 0 heterocycles. The molecule has 0 unspecified atom stereocenters. The molecule has 1 aliphatic carbocycles. The summed E-state index contributed by atoms with van der Waals surface area (Å²) >= 11 is 0. The molecule has 0 saturated carbocycles. The fourth-order valence-electron chi connectivity index (χ4n) is 2.06. The van der Waals surface area contributed by atoms with Crippen molar-refractivity contribution in [2.75, 3.05) is 0 Å². The van der Waals surface area contributed by atoms with Crippen molar-refractivity contribution < 1.29 is 31.4 Å². The predicted molar refractivity (Wildman–Crippen MR) is 52.6 cm³/mol. The molecule has 1 nitrogen and oxygen atoms in total. The van der Waals surface area contributed by atoms with Gasteiger partial charge in [0.15, 0.2) is 0 Å². The minimum Gasteiger partial charge on any atom is -0.373 e. The normalized spacial score (nSPS) is 29.7. The van der Waals surface area contributed by atoms with Gasteiger partial charge in [-0.2, -0.15) is 26.3 Å². The molecule has 0 aromatic rings. The van der Waals surface area contributed by atoms with Gasteiger partial charge in [0.2, 0.25) is 0 Å². The second-order valence-electron chi connectivity index (χ2n) is 4.52. The predicted octanol–water partition coefficient (Wildman–Crippen LogP) is 3.61. The summed E-state index contributed by atoms with van der Waals surface area (Å²) in [5.41, 5.74) is -7.29. The highest BCUT2D eigenvalue weighted by Crippen LogP contribution is 2.57. The van der Waals surface area contributed by atoms with E-state index in [2.05, 4.69) is 0 Å². The highest BCUT2D eigenvalue weighted by molar-refractivity contribution is 5.26. The SMILES string of the molecule is C[C@H]1C=CC=C[C@@]1(C)C(O)(C(F)(F)F)C(F)(F)F. The summed E-state index contributed by atoms with van der Waals surface area (Å²) in [7, 11) is 0. The molecule has 104 valence electrons. The summed E-state index contributed by atoms with van der Waals surface area (Å²) in [6.07, 6.45) is -7.27. The summed E-state index contributed by atoms with van der Waals surface area (Å²) in [4.78, 5) is 0. The molecule has 7 heteroatoms. The Bertz CT molecular complexity index is 364. The zero-order chi connectivity index (χ0) is 14.4. The molecule has 0 fully saturated rings. The molecule has 1 rings (SSSR count). The Morgan fingerprint density at radius 2 is 1.44 bits per heavy atom. The Balaban J connectivity index is 3.47. The van der Waals surface area contributed by atoms with Crippen molar-refractivity contribution in [1.82, 2.24) is 0 Å². The average Bonchev–Trinajstić information content (AvgIpc) is 2.18. The highest BCUT2D eigenvalue weighted by Gasteiger charge is 2.78. The summed E-state index contributed by atoms with van der Waals surface area (Å²) < 4.78 is 76.7. The van der Waals surface area contributed by atoms with Gasteiger partial charge in [0.25, 0.3) is 5.60 Å². The third-order valence-electron chi connectivity index (χ3n) is 3.50. The molecule has 0 radical (unpaired) electrons. The number of hydrogen-bond donors (Lipinski definition) is 1. The Kier molecular flexibility index (Phi) is 3.36. The third kappa shape index (κ3) is 1.84. The first-order chi connectivity index (χ1) is 7.88. The van der Waals surface area contributed by atoms with E-state index in [9.17, 15) is 31.4 Å². The molecule has 0 aromatic carbocycles. The fraction of sp³-hybridized carbons (Fsp3) is 0.636. The van der Waals surface area contributed by atoms with E-state index >= 15 is 0 Å². The molecule has 1 N–H and O–H groups in total. The molecular formula is C11H12F6O. The van der Waals surface area contributed by atoms with E-state index in [4.69, 9.17) is 0 Å². The lowest BCUT2D eigenvalue weighted by molar-refractivity contribution is -0.399. The number of rotatable bonds is 1. The topological polar surface area (TPSA) is 20.2 Å². The standard InChI is InChI=1S/C11H12F6O/c1-7-5-3-4-6-8(7,2)9(18,10(12,13)14)11(15,16)17/h3-7,18H,1-2H3/t7-,8+/m0/s1. The summed E-state index contributed by atoms with van der Waals surface area (Å²) in [6.45, 7) is 1.95. The van der Waals surface area contributed by atoms with Crippen LogP contribution in [0.15, 0.2) is 24.3 Å². The Morgan fingerprint density at radius 1 is 1.00 bits per heavy atom. The van der Waals surface area contributed by atoms with Crippen molar-refractivity contribution in [1.29, 1.82) is 0 Å². The van der Waals surface area contributed by atoms with Gasteiger partial charge in [-0.3, -0.25) is 0 Å². The van der Waals surface area contributed by atoms with Crippen LogP contribution in [0.2, 0.25) is 0 Å². The first kappa shape index (κ1) is 15.1. The second kappa shape index (κ2) is 4.01. The van der Waals surface area contributed by atoms with Crippen LogP contribution in [0.25, 0.3) is 0 Å². The van der Waals surface area contributed by atoms with Crippen LogP contribution in [-0.4, -0.2) is 23.1 Å². The fourth-order valence-corrected chi connectivity index (χ4v) is 2.06. The quantitative estimate of drug-likeness (QED) is 0.724.